The van der Waals surface area contributed by atoms with Gasteiger partial charge in [0.1, 0.15) is 11.6 Å². The molecule has 24 heavy (non-hydrogen) atoms. The highest BCUT2D eigenvalue weighted by Crippen LogP contribution is 2.13. The number of carbonyl (C=O) groups is 1. The minimum absolute atomic E-state index is 0.224. The molecule has 1 N–H and O–H groups in total. The highest BCUT2D eigenvalue weighted by molar-refractivity contribution is 5.94. The molecule has 1 aliphatic rings. The van der Waals surface area contributed by atoms with Crippen LogP contribution in [0, 0.1) is 5.82 Å². The van der Waals surface area contributed by atoms with E-state index in [0.717, 1.165) is 37.6 Å². The first-order valence-electron chi connectivity index (χ1n) is 8.04. The summed E-state index contributed by atoms with van der Waals surface area (Å²) in [7, 11) is 2.12. The second-order valence-corrected chi connectivity index (χ2v) is 6.00. The minimum Gasteiger partial charge on any atom is -0.354 e. The summed E-state index contributed by atoms with van der Waals surface area (Å²) in [5.74, 6) is 0.394. The predicted molar refractivity (Wildman–Crippen MR) is 91.5 cm³/mol. The van der Waals surface area contributed by atoms with Crippen LogP contribution in [0.15, 0.2) is 42.6 Å². The maximum Gasteiger partial charge on any atom is 0.251 e. The smallest absolute Gasteiger partial charge is 0.251 e. The van der Waals surface area contributed by atoms with E-state index in [9.17, 15) is 9.18 Å². The number of rotatable bonds is 4. The fraction of sp³-hybridized carbons (Fsp3) is 0.333. The molecule has 0 atom stereocenters. The molecule has 126 valence electrons. The van der Waals surface area contributed by atoms with E-state index in [1.807, 2.05) is 12.1 Å². The third-order valence-electron chi connectivity index (χ3n) is 4.20. The van der Waals surface area contributed by atoms with Gasteiger partial charge in [-0.2, -0.15) is 0 Å². The summed E-state index contributed by atoms with van der Waals surface area (Å²) >= 11 is 0. The number of piperazine rings is 1. The molecule has 0 saturated carbocycles. The molecule has 0 unspecified atom stereocenters. The molecule has 1 fully saturated rings. The topological polar surface area (TPSA) is 48.5 Å². The Balaban J connectivity index is 1.54. The molecule has 0 spiro atoms. The largest absolute Gasteiger partial charge is 0.354 e. The number of likely N-dealkylation sites (N-methyl/N-ethyl adjacent to an activating group) is 1. The summed E-state index contributed by atoms with van der Waals surface area (Å²) in [5.41, 5.74) is 1.38. The van der Waals surface area contributed by atoms with E-state index in [1.165, 1.54) is 24.3 Å². The Morgan fingerprint density at radius 1 is 1.12 bits per heavy atom. The van der Waals surface area contributed by atoms with Gasteiger partial charge in [0, 0.05) is 44.5 Å². The van der Waals surface area contributed by atoms with Crippen LogP contribution in [0.2, 0.25) is 0 Å². The fourth-order valence-electron chi connectivity index (χ4n) is 2.63. The lowest BCUT2D eigenvalue weighted by molar-refractivity contribution is 0.0951. The number of nitrogens with one attached hydrogen (secondary N) is 1. The molecular formula is C18H21FN4O. The SMILES string of the molecule is CN1CCN(c2ccc(CNC(=O)c3ccc(F)cc3)cn2)CC1. The first kappa shape index (κ1) is 16.4. The highest BCUT2D eigenvalue weighted by Gasteiger charge is 2.15. The first-order chi connectivity index (χ1) is 11.6. The minimum atomic E-state index is -0.352. The molecule has 1 aromatic heterocycles. The zero-order valence-corrected chi connectivity index (χ0v) is 13.7. The molecule has 3 rings (SSSR count). The number of hydrogen-bond donors (Lipinski definition) is 1. The van der Waals surface area contributed by atoms with E-state index in [2.05, 4.69) is 27.1 Å². The third kappa shape index (κ3) is 4.08. The lowest BCUT2D eigenvalue weighted by Gasteiger charge is -2.33. The number of hydrogen-bond acceptors (Lipinski definition) is 4. The summed E-state index contributed by atoms with van der Waals surface area (Å²) in [6.07, 6.45) is 1.79. The number of pyridine rings is 1. The van der Waals surface area contributed by atoms with Gasteiger partial charge < -0.3 is 15.1 Å². The molecule has 0 radical (unpaired) electrons. The van der Waals surface area contributed by atoms with Crippen LogP contribution in [0.25, 0.3) is 0 Å². The summed E-state index contributed by atoms with van der Waals surface area (Å²) in [5, 5.41) is 2.82. The Morgan fingerprint density at radius 2 is 1.83 bits per heavy atom. The molecule has 2 heterocycles. The average molecular weight is 328 g/mol. The van der Waals surface area contributed by atoms with Gasteiger partial charge in [-0.1, -0.05) is 6.07 Å². The van der Waals surface area contributed by atoms with Crippen LogP contribution >= 0.6 is 0 Å². The lowest BCUT2D eigenvalue weighted by atomic mass is 10.2. The first-order valence-corrected chi connectivity index (χ1v) is 8.04. The van der Waals surface area contributed by atoms with Gasteiger partial charge in [-0.15, -0.1) is 0 Å². The predicted octanol–water partition coefficient (Wildman–Crippen LogP) is 1.90. The number of carbonyl (C=O) groups excluding carboxylic acids is 1. The lowest BCUT2D eigenvalue weighted by Crippen LogP contribution is -2.44. The zero-order chi connectivity index (χ0) is 16.9. The molecule has 1 aliphatic heterocycles. The van der Waals surface area contributed by atoms with Crippen molar-refractivity contribution < 1.29 is 9.18 Å². The van der Waals surface area contributed by atoms with Crippen LogP contribution in [0.4, 0.5) is 10.2 Å². The van der Waals surface area contributed by atoms with Crippen LogP contribution in [-0.2, 0) is 6.54 Å². The maximum absolute atomic E-state index is 12.9. The van der Waals surface area contributed by atoms with Crippen molar-refractivity contribution in [3.05, 3.63) is 59.5 Å². The van der Waals surface area contributed by atoms with Crippen molar-refractivity contribution in [1.82, 2.24) is 15.2 Å². The molecule has 2 aromatic rings. The monoisotopic (exact) mass is 328 g/mol. The average Bonchev–Trinajstić information content (AvgIpc) is 2.61. The van der Waals surface area contributed by atoms with Gasteiger partial charge in [0.05, 0.1) is 0 Å². The van der Waals surface area contributed by atoms with E-state index in [1.54, 1.807) is 6.20 Å². The number of nitrogens with zero attached hydrogens (tertiary/aromatic N) is 3. The standard InChI is InChI=1S/C18H21FN4O/c1-22-8-10-23(11-9-22)17-7-2-14(12-20-17)13-21-18(24)15-3-5-16(19)6-4-15/h2-7,12H,8-11,13H2,1H3,(H,21,24). The molecular weight excluding hydrogens is 307 g/mol. The molecule has 1 saturated heterocycles. The van der Waals surface area contributed by atoms with Crippen LogP contribution in [0.1, 0.15) is 15.9 Å². The van der Waals surface area contributed by atoms with Crippen LogP contribution in [0.3, 0.4) is 0 Å². The molecule has 1 amide bonds. The fourth-order valence-corrected chi connectivity index (χ4v) is 2.63. The Hall–Kier alpha value is -2.47. The van der Waals surface area contributed by atoms with E-state index in [4.69, 9.17) is 0 Å². The summed E-state index contributed by atoms with van der Waals surface area (Å²) in [6, 6.07) is 9.47. The second kappa shape index (κ2) is 7.40. The van der Waals surface area contributed by atoms with Gasteiger partial charge in [0.2, 0.25) is 0 Å². The summed E-state index contributed by atoms with van der Waals surface area (Å²) in [6.45, 7) is 4.43. The van der Waals surface area contributed by atoms with Crippen molar-refractivity contribution >= 4 is 11.7 Å². The number of aromatic nitrogens is 1. The molecule has 0 bridgehead atoms. The third-order valence-corrected chi connectivity index (χ3v) is 4.20. The Bertz CT molecular complexity index is 679. The van der Waals surface area contributed by atoms with Crippen LogP contribution in [-0.4, -0.2) is 49.0 Å². The molecule has 1 aromatic carbocycles. The van der Waals surface area contributed by atoms with Crippen molar-refractivity contribution in [2.45, 2.75) is 6.54 Å². The number of anilines is 1. The van der Waals surface area contributed by atoms with Gasteiger partial charge in [-0.25, -0.2) is 9.37 Å². The Labute approximate surface area is 141 Å². The van der Waals surface area contributed by atoms with Crippen LogP contribution in [0.5, 0.6) is 0 Å². The normalized spacial score (nSPS) is 15.3. The van der Waals surface area contributed by atoms with Crippen molar-refractivity contribution in [2.24, 2.45) is 0 Å². The quantitative estimate of drug-likeness (QED) is 0.931. The zero-order valence-electron chi connectivity index (χ0n) is 13.7. The number of halogens is 1. The number of amides is 1. The van der Waals surface area contributed by atoms with E-state index >= 15 is 0 Å². The van der Waals surface area contributed by atoms with Crippen molar-refractivity contribution in [3.63, 3.8) is 0 Å². The van der Waals surface area contributed by atoms with Gasteiger partial charge in [0.25, 0.3) is 5.91 Å². The van der Waals surface area contributed by atoms with Gasteiger partial charge >= 0.3 is 0 Å². The van der Waals surface area contributed by atoms with Crippen molar-refractivity contribution in [2.75, 3.05) is 38.1 Å². The Morgan fingerprint density at radius 3 is 2.46 bits per heavy atom. The number of benzene rings is 1. The van der Waals surface area contributed by atoms with E-state index < -0.39 is 0 Å². The second-order valence-electron chi connectivity index (χ2n) is 6.00. The van der Waals surface area contributed by atoms with E-state index in [-0.39, 0.29) is 11.7 Å². The maximum atomic E-state index is 12.9. The van der Waals surface area contributed by atoms with E-state index in [0.29, 0.717) is 12.1 Å². The molecule has 0 aliphatic carbocycles. The van der Waals surface area contributed by atoms with Crippen molar-refractivity contribution in [1.29, 1.82) is 0 Å². The summed E-state index contributed by atoms with van der Waals surface area (Å²) < 4.78 is 12.9. The summed E-state index contributed by atoms with van der Waals surface area (Å²) in [4.78, 5) is 21.1. The molecule has 5 nitrogen and oxygen atoms in total. The van der Waals surface area contributed by atoms with Crippen molar-refractivity contribution in [3.8, 4) is 0 Å². The van der Waals surface area contributed by atoms with Gasteiger partial charge in [-0.3, -0.25) is 4.79 Å². The van der Waals surface area contributed by atoms with Crippen LogP contribution < -0.4 is 10.2 Å². The van der Waals surface area contributed by atoms with Gasteiger partial charge in [-0.05, 0) is 42.9 Å². The van der Waals surface area contributed by atoms with Gasteiger partial charge in [0.15, 0.2) is 0 Å². The Kier molecular flexibility index (Phi) is 5.05. The molecule has 6 heteroatoms. The highest BCUT2D eigenvalue weighted by atomic mass is 19.1.